The van der Waals surface area contributed by atoms with Crippen LogP contribution in [0.15, 0.2) is 76.1 Å². The Morgan fingerprint density at radius 3 is 2.24 bits per heavy atom. The highest BCUT2D eigenvalue weighted by Crippen LogP contribution is 2.27. The first-order chi connectivity index (χ1) is 14.1. The maximum atomic E-state index is 6.17. The van der Waals surface area contributed by atoms with E-state index in [1.165, 1.54) is 0 Å². The van der Waals surface area contributed by atoms with Gasteiger partial charge in [-0.3, -0.25) is 0 Å². The third-order valence-electron chi connectivity index (χ3n) is 4.72. The van der Waals surface area contributed by atoms with Crippen molar-refractivity contribution in [2.45, 2.75) is 6.92 Å². The molecule has 0 radical (unpaired) electrons. The number of benzene rings is 3. The van der Waals surface area contributed by atoms with Crippen LogP contribution in [-0.2, 0) is 0 Å². The van der Waals surface area contributed by atoms with Crippen LogP contribution in [0.4, 0.5) is 5.69 Å². The number of methoxy groups -OCH3 is 2. The molecule has 1 heterocycles. The largest absolute Gasteiger partial charge is 0.497 e. The number of fused-ring (bicyclic) bond motifs is 1. The summed E-state index contributed by atoms with van der Waals surface area (Å²) < 4.78 is 16.8. The van der Waals surface area contributed by atoms with E-state index < -0.39 is 0 Å². The van der Waals surface area contributed by atoms with Gasteiger partial charge in [0, 0.05) is 22.0 Å². The van der Waals surface area contributed by atoms with E-state index in [0.717, 1.165) is 50.4 Å². The van der Waals surface area contributed by atoms with Crippen LogP contribution in [0.5, 0.6) is 11.5 Å². The number of aryl methyl sites for hydroxylation is 1. The molecule has 0 saturated heterocycles. The molecule has 4 nitrogen and oxygen atoms in total. The summed E-state index contributed by atoms with van der Waals surface area (Å²) >= 11 is 6.10. The fraction of sp³-hybridized carbons (Fsp3) is 0.125. The maximum absolute atomic E-state index is 6.17. The smallest absolute Gasteiger partial charge is 0.137 e. The average molecular weight is 406 g/mol. The number of hydrogen-bond acceptors (Lipinski definition) is 4. The second-order valence-electron chi connectivity index (χ2n) is 6.63. The second kappa shape index (κ2) is 8.02. The van der Waals surface area contributed by atoms with Crippen LogP contribution in [0.25, 0.3) is 22.3 Å². The van der Waals surface area contributed by atoms with E-state index in [0.29, 0.717) is 5.02 Å². The van der Waals surface area contributed by atoms with Gasteiger partial charge in [0.25, 0.3) is 0 Å². The molecule has 0 saturated carbocycles. The SMILES string of the molecule is COc1ccc(-c2cc(=Nc3ccc(Cl)cc3C)c3cc(OC)ccc3o2)cc1. The van der Waals surface area contributed by atoms with Gasteiger partial charge in [0.05, 0.1) is 25.3 Å². The summed E-state index contributed by atoms with van der Waals surface area (Å²) in [7, 11) is 3.29. The van der Waals surface area contributed by atoms with Crippen LogP contribution >= 0.6 is 11.6 Å². The van der Waals surface area contributed by atoms with Gasteiger partial charge < -0.3 is 13.9 Å². The van der Waals surface area contributed by atoms with Crippen LogP contribution in [-0.4, -0.2) is 14.2 Å². The summed E-state index contributed by atoms with van der Waals surface area (Å²) in [6.07, 6.45) is 0. The van der Waals surface area contributed by atoms with Crippen LogP contribution in [0, 0.1) is 6.92 Å². The third-order valence-corrected chi connectivity index (χ3v) is 4.96. The van der Waals surface area contributed by atoms with Crippen molar-refractivity contribution in [2.75, 3.05) is 14.2 Å². The summed E-state index contributed by atoms with van der Waals surface area (Å²) in [5, 5.41) is 2.35. The fourth-order valence-corrected chi connectivity index (χ4v) is 3.37. The molecule has 0 spiro atoms. The second-order valence-corrected chi connectivity index (χ2v) is 7.07. The monoisotopic (exact) mass is 405 g/mol. The van der Waals surface area contributed by atoms with Crippen LogP contribution in [0.2, 0.25) is 5.02 Å². The summed E-state index contributed by atoms with van der Waals surface area (Å²) in [5.74, 6) is 2.26. The van der Waals surface area contributed by atoms with Crippen LogP contribution < -0.4 is 14.8 Å². The van der Waals surface area contributed by atoms with E-state index in [1.807, 2.05) is 73.7 Å². The third kappa shape index (κ3) is 3.98. The molecule has 29 heavy (non-hydrogen) atoms. The first-order valence-electron chi connectivity index (χ1n) is 9.14. The van der Waals surface area contributed by atoms with Crippen molar-refractivity contribution < 1.29 is 13.9 Å². The Kier molecular flexibility index (Phi) is 5.28. The molecule has 5 heteroatoms. The van der Waals surface area contributed by atoms with Crippen LogP contribution in [0.3, 0.4) is 0 Å². The topological polar surface area (TPSA) is 44.0 Å². The molecule has 0 fully saturated rings. The van der Waals surface area contributed by atoms with Crippen LogP contribution in [0.1, 0.15) is 5.56 Å². The lowest BCUT2D eigenvalue weighted by Crippen LogP contribution is -2.04. The van der Waals surface area contributed by atoms with E-state index in [1.54, 1.807) is 14.2 Å². The Bertz CT molecular complexity index is 1240. The molecule has 0 atom stereocenters. The van der Waals surface area contributed by atoms with Gasteiger partial charge in [0.1, 0.15) is 22.8 Å². The average Bonchev–Trinajstić information content (AvgIpc) is 2.75. The summed E-state index contributed by atoms with van der Waals surface area (Å²) in [6, 6.07) is 21.0. The van der Waals surface area contributed by atoms with Gasteiger partial charge in [-0.1, -0.05) is 11.6 Å². The molecule has 3 aromatic carbocycles. The minimum atomic E-state index is 0.690. The molecule has 0 aliphatic heterocycles. The fourth-order valence-electron chi connectivity index (χ4n) is 3.14. The van der Waals surface area contributed by atoms with Crippen molar-refractivity contribution in [3.8, 4) is 22.8 Å². The number of hydrogen-bond donors (Lipinski definition) is 0. The molecule has 0 bridgehead atoms. The Balaban J connectivity index is 1.97. The summed E-state index contributed by atoms with van der Waals surface area (Å²) in [4.78, 5) is 4.91. The first kappa shape index (κ1) is 19.1. The van der Waals surface area contributed by atoms with Gasteiger partial charge in [0.15, 0.2) is 0 Å². The highest BCUT2D eigenvalue weighted by molar-refractivity contribution is 6.30. The Morgan fingerprint density at radius 1 is 0.828 bits per heavy atom. The number of halogens is 1. The Hall–Kier alpha value is -3.24. The molecule has 0 aliphatic carbocycles. The summed E-state index contributed by atoms with van der Waals surface area (Å²) in [6.45, 7) is 1.99. The quantitative estimate of drug-likeness (QED) is 0.399. The lowest BCUT2D eigenvalue weighted by molar-refractivity contribution is 0.414. The molecule has 0 unspecified atom stereocenters. The van der Waals surface area contributed by atoms with E-state index >= 15 is 0 Å². The molecular weight excluding hydrogens is 386 g/mol. The van der Waals surface area contributed by atoms with Crippen molar-refractivity contribution in [3.05, 3.63) is 82.7 Å². The van der Waals surface area contributed by atoms with Crippen molar-refractivity contribution in [2.24, 2.45) is 4.99 Å². The zero-order chi connectivity index (χ0) is 20.4. The van der Waals surface area contributed by atoms with E-state index in [9.17, 15) is 0 Å². The molecule has 1 aromatic heterocycles. The zero-order valence-electron chi connectivity index (χ0n) is 16.4. The van der Waals surface area contributed by atoms with Gasteiger partial charge in [-0.2, -0.15) is 0 Å². The first-order valence-corrected chi connectivity index (χ1v) is 9.52. The highest BCUT2D eigenvalue weighted by atomic mass is 35.5. The molecule has 0 N–H and O–H groups in total. The predicted octanol–water partition coefficient (Wildman–Crippen LogP) is 6.31. The molecule has 4 rings (SSSR count). The minimum absolute atomic E-state index is 0.690. The normalized spacial score (nSPS) is 11.7. The zero-order valence-corrected chi connectivity index (χ0v) is 17.2. The lowest BCUT2D eigenvalue weighted by atomic mass is 10.1. The minimum Gasteiger partial charge on any atom is -0.497 e. The lowest BCUT2D eigenvalue weighted by Gasteiger charge is -2.08. The summed E-state index contributed by atoms with van der Waals surface area (Å²) in [5.41, 5.74) is 3.52. The van der Waals surface area contributed by atoms with Crippen molar-refractivity contribution in [1.82, 2.24) is 0 Å². The van der Waals surface area contributed by atoms with Gasteiger partial charge in [-0.25, -0.2) is 4.99 Å². The molecule has 0 amide bonds. The number of rotatable bonds is 4. The standard InChI is InChI=1S/C24H20ClNO3/c1-15-12-17(25)6-10-21(15)26-22-14-24(16-4-7-18(27-2)8-5-16)29-23-11-9-19(28-3)13-20(22)23/h4-14H,1-3H3. The molecule has 0 aliphatic rings. The Morgan fingerprint density at radius 2 is 1.55 bits per heavy atom. The highest BCUT2D eigenvalue weighted by Gasteiger charge is 2.09. The number of ether oxygens (including phenoxy) is 2. The van der Waals surface area contributed by atoms with E-state index in [-0.39, 0.29) is 0 Å². The molecule has 4 aromatic rings. The van der Waals surface area contributed by atoms with E-state index in [2.05, 4.69) is 0 Å². The number of nitrogens with zero attached hydrogens (tertiary/aromatic N) is 1. The van der Waals surface area contributed by atoms with Gasteiger partial charge in [-0.15, -0.1) is 0 Å². The van der Waals surface area contributed by atoms with Gasteiger partial charge in [-0.05, 0) is 73.2 Å². The maximum Gasteiger partial charge on any atom is 0.137 e. The van der Waals surface area contributed by atoms with Gasteiger partial charge in [0.2, 0.25) is 0 Å². The van der Waals surface area contributed by atoms with Crippen molar-refractivity contribution in [3.63, 3.8) is 0 Å². The predicted molar refractivity (Wildman–Crippen MR) is 116 cm³/mol. The molecular formula is C24H20ClNO3. The van der Waals surface area contributed by atoms with E-state index in [4.69, 9.17) is 30.5 Å². The van der Waals surface area contributed by atoms with Gasteiger partial charge >= 0.3 is 0 Å². The van der Waals surface area contributed by atoms with Crippen molar-refractivity contribution in [1.29, 1.82) is 0 Å². The molecule has 146 valence electrons. The van der Waals surface area contributed by atoms with Crippen molar-refractivity contribution >= 4 is 28.3 Å². The Labute approximate surface area is 174 Å².